The largest absolute Gasteiger partial charge is 0.416 e. The Morgan fingerprint density at radius 2 is 1.81 bits per heavy atom. The van der Waals surface area contributed by atoms with E-state index in [9.17, 15) is 28.1 Å². The summed E-state index contributed by atoms with van der Waals surface area (Å²) in [5, 5.41) is 10.9. The maximum atomic E-state index is 12.8. The first kappa shape index (κ1) is 19.2. The van der Waals surface area contributed by atoms with Gasteiger partial charge in [-0.3, -0.25) is 14.9 Å². The maximum Gasteiger partial charge on any atom is 0.416 e. The molecule has 0 radical (unpaired) electrons. The number of amides is 1. The van der Waals surface area contributed by atoms with Crippen molar-refractivity contribution in [2.24, 2.45) is 0 Å². The predicted octanol–water partition coefficient (Wildman–Crippen LogP) is 5.07. The molecule has 27 heavy (non-hydrogen) atoms. The van der Waals surface area contributed by atoms with Gasteiger partial charge in [0.1, 0.15) is 5.02 Å². The lowest BCUT2D eigenvalue weighted by atomic mass is 10.1. The first-order valence-electron chi connectivity index (χ1n) is 8.08. The van der Waals surface area contributed by atoms with Crippen LogP contribution in [0, 0.1) is 10.1 Å². The molecule has 0 N–H and O–H groups in total. The minimum Gasteiger partial charge on any atom is -0.331 e. The van der Waals surface area contributed by atoms with Gasteiger partial charge in [0, 0.05) is 24.2 Å². The molecule has 3 rings (SSSR count). The quantitative estimate of drug-likeness (QED) is 0.521. The summed E-state index contributed by atoms with van der Waals surface area (Å²) < 4.78 is 38.0. The van der Waals surface area contributed by atoms with Crippen molar-refractivity contribution in [3.8, 4) is 0 Å². The molecular weight excluding hydrogens is 385 g/mol. The fraction of sp³-hybridized carbons (Fsp3) is 0.278. The fourth-order valence-corrected chi connectivity index (χ4v) is 2.89. The highest BCUT2D eigenvalue weighted by atomic mass is 35.5. The second-order valence-electron chi connectivity index (χ2n) is 6.28. The van der Waals surface area contributed by atoms with E-state index in [1.165, 1.54) is 29.2 Å². The van der Waals surface area contributed by atoms with Gasteiger partial charge in [-0.2, -0.15) is 13.2 Å². The van der Waals surface area contributed by atoms with Crippen molar-refractivity contribution in [1.29, 1.82) is 0 Å². The molecule has 1 aliphatic rings. The van der Waals surface area contributed by atoms with Crippen LogP contribution in [-0.4, -0.2) is 21.8 Å². The Kier molecular flexibility index (Phi) is 5.10. The summed E-state index contributed by atoms with van der Waals surface area (Å²) in [4.78, 5) is 24.7. The van der Waals surface area contributed by atoms with Crippen molar-refractivity contribution < 1.29 is 22.9 Å². The van der Waals surface area contributed by atoms with Crippen molar-refractivity contribution in [2.45, 2.75) is 31.6 Å². The molecule has 0 saturated heterocycles. The van der Waals surface area contributed by atoms with Gasteiger partial charge in [0.15, 0.2) is 0 Å². The molecular formula is C18H14ClF3N2O3. The Morgan fingerprint density at radius 3 is 2.33 bits per heavy atom. The monoisotopic (exact) mass is 398 g/mol. The van der Waals surface area contributed by atoms with E-state index < -0.39 is 22.6 Å². The van der Waals surface area contributed by atoms with Crippen molar-refractivity contribution >= 4 is 23.2 Å². The van der Waals surface area contributed by atoms with Crippen LogP contribution >= 0.6 is 11.6 Å². The smallest absolute Gasteiger partial charge is 0.331 e. The first-order chi connectivity index (χ1) is 12.7. The van der Waals surface area contributed by atoms with Crippen LogP contribution in [0.15, 0.2) is 42.5 Å². The van der Waals surface area contributed by atoms with E-state index in [2.05, 4.69) is 0 Å². The summed E-state index contributed by atoms with van der Waals surface area (Å²) >= 11 is 5.77. The number of rotatable bonds is 5. The third kappa shape index (κ3) is 4.39. The van der Waals surface area contributed by atoms with Crippen LogP contribution < -0.4 is 0 Å². The zero-order valence-electron chi connectivity index (χ0n) is 13.9. The Morgan fingerprint density at radius 1 is 1.19 bits per heavy atom. The van der Waals surface area contributed by atoms with Gasteiger partial charge in [-0.05, 0) is 42.7 Å². The van der Waals surface area contributed by atoms with Gasteiger partial charge in [0.2, 0.25) is 0 Å². The molecule has 1 amide bonds. The summed E-state index contributed by atoms with van der Waals surface area (Å²) in [6, 6.07) is 8.37. The number of hydrogen-bond acceptors (Lipinski definition) is 3. The minimum atomic E-state index is -4.42. The highest BCUT2D eigenvalue weighted by Crippen LogP contribution is 2.33. The predicted molar refractivity (Wildman–Crippen MR) is 92.4 cm³/mol. The van der Waals surface area contributed by atoms with E-state index in [0.717, 1.165) is 31.0 Å². The molecule has 0 spiro atoms. The van der Waals surface area contributed by atoms with E-state index in [-0.39, 0.29) is 28.9 Å². The Balaban J connectivity index is 1.83. The number of carbonyl (C=O) groups is 1. The number of nitro groups is 1. The van der Waals surface area contributed by atoms with Crippen LogP contribution in [0.3, 0.4) is 0 Å². The van der Waals surface area contributed by atoms with E-state index in [4.69, 9.17) is 11.6 Å². The molecule has 2 aromatic carbocycles. The van der Waals surface area contributed by atoms with Crippen LogP contribution in [0.1, 0.15) is 34.3 Å². The lowest BCUT2D eigenvalue weighted by molar-refractivity contribution is -0.384. The molecule has 1 saturated carbocycles. The van der Waals surface area contributed by atoms with Crippen LogP contribution in [0.5, 0.6) is 0 Å². The van der Waals surface area contributed by atoms with Crippen molar-refractivity contribution in [2.75, 3.05) is 0 Å². The third-order valence-corrected chi connectivity index (χ3v) is 4.59. The molecule has 0 bridgehead atoms. The number of carbonyl (C=O) groups excluding carboxylic acids is 1. The van der Waals surface area contributed by atoms with E-state index in [1.54, 1.807) is 0 Å². The fourth-order valence-electron chi connectivity index (χ4n) is 2.70. The maximum absolute atomic E-state index is 12.8. The van der Waals surface area contributed by atoms with Crippen molar-refractivity contribution in [1.82, 2.24) is 4.90 Å². The summed E-state index contributed by atoms with van der Waals surface area (Å²) in [5.74, 6) is -0.419. The molecule has 9 heteroatoms. The normalized spacial score (nSPS) is 14.1. The average molecular weight is 399 g/mol. The van der Waals surface area contributed by atoms with E-state index >= 15 is 0 Å². The van der Waals surface area contributed by atoms with Gasteiger partial charge in [0.25, 0.3) is 11.6 Å². The van der Waals surface area contributed by atoms with E-state index in [0.29, 0.717) is 5.56 Å². The SMILES string of the molecule is O=C(c1ccc(Cl)c([N+](=O)[O-])c1)N(Cc1ccc(C(F)(F)F)cc1)C1CC1. The molecule has 0 aromatic heterocycles. The summed E-state index contributed by atoms with van der Waals surface area (Å²) in [5.41, 5.74) is -0.465. The number of nitrogens with zero attached hydrogens (tertiary/aromatic N) is 2. The van der Waals surface area contributed by atoms with Gasteiger partial charge in [0.05, 0.1) is 10.5 Å². The Bertz CT molecular complexity index is 880. The summed E-state index contributed by atoms with van der Waals surface area (Å²) in [6.45, 7) is 0.123. The molecule has 2 aromatic rings. The molecule has 1 fully saturated rings. The third-order valence-electron chi connectivity index (χ3n) is 4.27. The Hall–Kier alpha value is -2.61. The summed E-state index contributed by atoms with van der Waals surface area (Å²) in [7, 11) is 0. The van der Waals surface area contributed by atoms with Gasteiger partial charge in [-0.15, -0.1) is 0 Å². The topological polar surface area (TPSA) is 63.4 Å². The highest BCUT2D eigenvalue weighted by molar-refractivity contribution is 6.32. The number of alkyl halides is 3. The van der Waals surface area contributed by atoms with Gasteiger partial charge in [-0.1, -0.05) is 23.7 Å². The zero-order chi connectivity index (χ0) is 19.8. The standard InChI is InChI=1S/C18H14ClF3N2O3/c19-15-8-3-12(9-16(15)24(26)27)17(25)23(14-6-7-14)10-11-1-4-13(5-2-11)18(20,21)22/h1-5,8-9,14H,6-7,10H2. The van der Waals surface area contributed by atoms with Gasteiger partial charge < -0.3 is 4.90 Å². The Labute approximate surface area is 157 Å². The molecule has 0 atom stereocenters. The van der Waals surface area contributed by atoms with Crippen LogP contribution in [0.4, 0.5) is 18.9 Å². The molecule has 0 aliphatic heterocycles. The molecule has 0 unspecified atom stereocenters. The van der Waals surface area contributed by atoms with Gasteiger partial charge in [-0.25, -0.2) is 0 Å². The first-order valence-corrected chi connectivity index (χ1v) is 8.45. The number of benzene rings is 2. The lowest BCUT2D eigenvalue weighted by Gasteiger charge is -2.23. The second kappa shape index (κ2) is 7.19. The number of nitro benzene ring substituents is 1. The molecule has 142 valence electrons. The minimum absolute atomic E-state index is 0.0328. The lowest BCUT2D eigenvalue weighted by Crippen LogP contribution is -2.32. The number of halogens is 4. The van der Waals surface area contributed by atoms with Crippen molar-refractivity contribution in [3.05, 3.63) is 74.3 Å². The second-order valence-corrected chi connectivity index (χ2v) is 6.69. The van der Waals surface area contributed by atoms with Gasteiger partial charge >= 0.3 is 6.18 Å². The molecule has 1 aliphatic carbocycles. The summed E-state index contributed by atoms with van der Waals surface area (Å²) in [6.07, 6.45) is -2.86. The van der Waals surface area contributed by atoms with E-state index in [1.807, 2.05) is 0 Å². The van der Waals surface area contributed by atoms with Crippen LogP contribution in [0.25, 0.3) is 0 Å². The molecule has 0 heterocycles. The van der Waals surface area contributed by atoms with Crippen molar-refractivity contribution in [3.63, 3.8) is 0 Å². The average Bonchev–Trinajstić information content (AvgIpc) is 3.44. The zero-order valence-corrected chi connectivity index (χ0v) is 14.6. The number of hydrogen-bond donors (Lipinski definition) is 0. The highest BCUT2D eigenvalue weighted by Gasteiger charge is 2.34. The molecule has 5 nitrogen and oxygen atoms in total. The van der Waals surface area contributed by atoms with Crippen LogP contribution in [-0.2, 0) is 12.7 Å². The van der Waals surface area contributed by atoms with Crippen LogP contribution in [0.2, 0.25) is 5.02 Å².